The second-order valence-corrected chi connectivity index (χ2v) is 5.88. The van der Waals surface area contributed by atoms with Crippen molar-refractivity contribution in [3.8, 4) is 5.75 Å². The van der Waals surface area contributed by atoms with E-state index in [1.54, 1.807) is 12.1 Å². The van der Waals surface area contributed by atoms with Crippen LogP contribution in [0.4, 0.5) is 5.69 Å². The van der Waals surface area contributed by atoms with E-state index in [1.807, 2.05) is 0 Å². The topological polar surface area (TPSA) is 102 Å². The van der Waals surface area contributed by atoms with Crippen LogP contribution in [-0.4, -0.2) is 29.1 Å². The van der Waals surface area contributed by atoms with Crippen LogP contribution in [0.15, 0.2) is 42.5 Å². The van der Waals surface area contributed by atoms with Crippen LogP contribution in [0.3, 0.4) is 0 Å². The highest BCUT2D eigenvalue weighted by Crippen LogP contribution is 2.27. The number of hydrogen-bond donors (Lipinski definition) is 2. The van der Waals surface area contributed by atoms with Crippen LogP contribution >= 0.6 is 23.2 Å². The summed E-state index contributed by atoms with van der Waals surface area (Å²) in [5, 5.41) is 23.8. The highest BCUT2D eigenvalue weighted by Gasteiger charge is 2.12. The summed E-state index contributed by atoms with van der Waals surface area (Å²) >= 11 is 11.7. The van der Waals surface area contributed by atoms with Gasteiger partial charge < -0.3 is 15.2 Å². The number of nitrogens with one attached hydrogen (secondary N) is 1. The highest BCUT2D eigenvalue weighted by molar-refractivity contribution is 6.34. The van der Waals surface area contributed by atoms with Gasteiger partial charge in [0, 0.05) is 29.8 Å². The fourth-order valence-electron chi connectivity index (χ4n) is 1.93. The smallest absolute Gasteiger partial charge is 0.269 e. The number of ether oxygens (including phenoxy) is 1. The van der Waals surface area contributed by atoms with E-state index in [2.05, 4.69) is 5.32 Å². The predicted molar refractivity (Wildman–Crippen MR) is 93.0 cm³/mol. The number of aliphatic hydroxyl groups is 1. The second-order valence-electron chi connectivity index (χ2n) is 5.03. The molecule has 0 radical (unpaired) electrons. The number of nitrogens with zero attached hydrogens (tertiary/aromatic N) is 1. The minimum Gasteiger partial charge on any atom is -0.482 e. The van der Waals surface area contributed by atoms with Crippen molar-refractivity contribution in [3.63, 3.8) is 0 Å². The van der Waals surface area contributed by atoms with E-state index in [9.17, 15) is 20.0 Å². The molecule has 1 amide bonds. The Bertz CT molecular complexity index is 768. The van der Waals surface area contributed by atoms with Crippen molar-refractivity contribution >= 4 is 34.8 Å². The maximum Gasteiger partial charge on any atom is 0.269 e. The molecule has 0 aromatic heterocycles. The lowest BCUT2D eigenvalue weighted by atomic mass is 10.1. The van der Waals surface area contributed by atoms with E-state index in [-0.39, 0.29) is 24.6 Å². The number of rotatable bonds is 7. The van der Waals surface area contributed by atoms with Crippen LogP contribution in [-0.2, 0) is 4.79 Å². The summed E-state index contributed by atoms with van der Waals surface area (Å²) in [5.41, 5.74) is 0.372. The van der Waals surface area contributed by atoms with Gasteiger partial charge in [0.25, 0.3) is 11.6 Å². The number of benzene rings is 2. The van der Waals surface area contributed by atoms with Gasteiger partial charge in [-0.3, -0.25) is 14.9 Å². The second kappa shape index (κ2) is 8.66. The van der Waals surface area contributed by atoms with E-state index >= 15 is 0 Å². The first-order chi connectivity index (χ1) is 11.9. The van der Waals surface area contributed by atoms with Crippen LogP contribution in [0, 0.1) is 10.1 Å². The number of amides is 1. The molecule has 0 aliphatic rings. The summed E-state index contributed by atoms with van der Waals surface area (Å²) < 4.78 is 5.27. The average molecular weight is 385 g/mol. The summed E-state index contributed by atoms with van der Waals surface area (Å²) in [4.78, 5) is 21.8. The Morgan fingerprint density at radius 2 is 1.92 bits per heavy atom. The van der Waals surface area contributed by atoms with Crippen molar-refractivity contribution in [2.45, 2.75) is 6.10 Å². The quantitative estimate of drug-likeness (QED) is 0.563. The molecule has 7 nitrogen and oxygen atoms in total. The molecule has 9 heteroatoms. The number of non-ortho nitro benzene ring substituents is 1. The monoisotopic (exact) mass is 384 g/mol. The lowest BCUT2D eigenvalue weighted by Gasteiger charge is -2.13. The Labute approximate surface area is 153 Å². The van der Waals surface area contributed by atoms with Gasteiger partial charge in [-0.05, 0) is 29.8 Å². The van der Waals surface area contributed by atoms with Gasteiger partial charge in [-0.1, -0.05) is 23.2 Å². The maximum absolute atomic E-state index is 11.8. The first-order valence-electron chi connectivity index (χ1n) is 7.14. The minimum absolute atomic E-state index is 0.0662. The molecule has 0 spiro atoms. The molecule has 0 saturated carbocycles. The maximum atomic E-state index is 11.8. The van der Waals surface area contributed by atoms with Gasteiger partial charge >= 0.3 is 0 Å². The lowest BCUT2D eigenvalue weighted by Crippen LogP contribution is -2.32. The van der Waals surface area contributed by atoms with Crippen molar-refractivity contribution in [3.05, 3.63) is 68.2 Å². The number of carbonyl (C=O) groups is 1. The Morgan fingerprint density at radius 1 is 1.24 bits per heavy atom. The molecule has 1 atom stereocenters. The zero-order chi connectivity index (χ0) is 18.4. The van der Waals surface area contributed by atoms with E-state index in [0.29, 0.717) is 15.6 Å². The number of halogens is 2. The van der Waals surface area contributed by atoms with Crippen LogP contribution in [0.1, 0.15) is 11.7 Å². The third-order valence-corrected chi connectivity index (χ3v) is 3.78. The number of nitro benzene ring substituents is 1. The molecule has 0 fully saturated rings. The van der Waals surface area contributed by atoms with Gasteiger partial charge in [0.15, 0.2) is 6.61 Å². The lowest BCUT2D eigenvalue weighted by molar-refractivity contribution is -0.384. The van der Waals surface area contributed by atoms with Gasteiger partial charge in [0.2, 0.25) is 0 Å². The molecule has 0 aliphatic carbocycles. The standard InChI is InChI=1S/C16H14Cl2N2O5/c17-11-3-6-13(18)15(7-11)25-9-16(22)19-8-14(21)10-1-4-12(5-2-10)20(23)24/h1-7,14,21H,8-9H2,(H,19,22). The molecule has 0 heterocycles. The Morgan fingerprint density at radius 3 is 2.56 bits per heavy atom. The molecule has 2 aromatic carbocycles. The highest BCUT2D eigenvalue weighted by atomic mass is 35.5. The fraction of sp³-hybridized carbons (Fsp3) is 0.188. The largest absolute Gasteiger partial charge is 0.482 e. The SMILES string of the molecule is O=C(COc1cc(Cl)ccc1Cl)NCC(O)c1ccc([N+](=O)[O-])cc1. The zero-order valence-corrected chi connectivity index (χ0v) is 14.3. The zero-order valence-electron chi connectivity index (χ0n) is 12.8. The molecule has 0 saturated heterocycles. The van der Waals surface area contributed by atoms with Gasteiger partial charge in [0.1, 0.15) is 5.75 Å². The summed E-state index contributed by atoms with van der Waals surface area (Å²) in [5.74, 6) is -0.183. The van der Waals surface area contributed by atoms with Crippen molar-refractivity contribution in [1.82, 2.24) is 5.32 Å². The first-order valence-corrected chi connectivity index (χ1v) is 7.89. The van der Waals surface area contributed by atoms with E-state index in [1.165, 1.54) is 30.3 Å². The molecule has 0 aliphatic heterocycles. The van der Waals surface area contributed by atoms with E-state index in [4.69, 9.17) is 27.9 Å². The third kappa shape index (κ3) is 5.60. The number of nitro groups is 1. The van der Waals surface area contributed by atoms with Crippen molar-refractivity contribution < 1.29 is 19.6 Å². The summed E-state index contributed by atoms with van der Waals surface area (Å²) in [6.45, 7) is -0.365. The minimum atomic E-state index is -1.00. The number of hydrogen-bond acceptors (Lipinski definition) is 5. The predicted octanol–water partition coefficient (Wildman–Crippen LogP) is 3.13. The Hall–Kier alpha value is -2.35. The molecule has 2 N–H and O–H groups in total. The van der Waals surface area contributed by atoms with Gasteiger partial charge in [-0.2, -0.15) is 0 Å². The molecule has 25 heavy (non-hydrogen) atoms. The normalized spacial score (nSPS) is 11.6. The van der Waals surface area contributed by atoms with E-state index in [0.717, 1.165) is 0 Å². The fourth-order valence-corrected chi connectivity index (χ4v) is 2.26. The number of carbonyl (C=O) groups excluding carboxylic acids is 1. The molecular formula is C16H14Cl2N2O5. The Kier molecular flexibility index (Phi) is 6.58. The number of aliphatic hydroxyl groups excluding tert-OH is 1. The molecular weight excluding hydrogens is 371 g/mol. The van der Waals surface area contributed by atoms with E-state index < -0.39 is 16.9 Å². The van der Waals surface area contributed by atoms with Crippen LogP contribution < -0.4 is 10.1 Å². The molecule has 2 aromatic rings. The van der Waals surface area contributed by atoms with Crippen molar-refractivity contribution in [2.24, 2.45) is 0 Å². The van der Waals surface area contributed by atoms with Gasteiger partial charge in [0.05, 0.1) is 16.0 Å². The average Bonchev–Trinajstić information content (AvgIpc) is 2.60. The van der Waals surface area contributed by atoms with Gasteiger partial charge in [-0.25, -0.2) is 0 Å². The molecule has 2 rings (SSSR count). The third-order valence-electron chi connectivity index (χ3n) is 3.23. The van der Waals surface area contributed by atoms with Gasteiger partial charge in [-0.15, -0.1) is 0 Å². The van der Waals surface area contributed by atoms with Crippen molar-refractivity contribution in [2.75, 3.05) is 13.2 Å². The molecule has 0 bridgehead atoms. The summed E-state index contributed by atoms with van der Waals surface area (Å²) in [6, 6.07) is 10.1. The van der Waals surface area contributed by atoms with Crippen LogP contribution in [0.5, 0.6) is 5.75 Å². The van der Waals surface area contributed by atoms with Crippen LogP contribution in [0.2, 0.25) is 10.0 Å². The van der Waals surface area contributed by atoms with Crippen molar-refractivity contribution in [1.29, 1.82) is 0 Å². The Balaban J connectivity index is 1.82. The molecule has 132 valence electrons. The summed E-state index contributed by atoms with van der Waals surface area (Å²) in [6.07, 6.45) is -1.00. The summed E-state index contributed by atoms with van der Waals surface area (Å²) in [7, 11) is 0. The van der Waals surface area contributed by atoms with Crippen LogP contribution in [0.25, 0.3) is 0 Å². The first kappa shape index (κ1) is 19.0. The molecule has 1 unspecified atom stereocenters.